The molecule has 1 amide bonds. The Morgan fingerprint density at radius 1 is 1.35 bits per heavy atom. The first-order valence-electron chi connectivity index (χ1n) is 7.03. The van der Waals surface area contributed by atoms with Crippen molar-refractivity contribution in [1.82, 2.24) is 4.90 Å². The Morgan fingerprint density at radius 3 is 2.90 bits per heavy atom. The molecule has 4 nitrogen and oxygen atoms in total. The minimum Gasteiger partial charge on any atom is -0.451 e. The van der Waals surface area contributed by atoms with Crippen molar-refractivity contribution in [2.75, 3.05) is 18.8 Å². The quantitative estimate of drug-likeness (QED) is 0.810. The van der Waals surface area contributed by atoms with Gasteiger partial charge in [0.15, 0.2) is 5.76 Å². The van der Waals surface area contributed by atoms with Gasteiger partial charge in [0.25, 0.3) is 5.91 Å². The standard InChI is InChI=1S/C16H20N2O2/c1-16(2)6-3-7-18(10-16)15(19)14-9-11-8-12(17)4-5-13(11)20-14/h4-5,8-9H,3,6-7,10,17H2,1-2H3. The Bertz CT molecular complexity index is 658. The highest BCUT2D eigenvalue weighted by atomic mass is 16.3. The fourth-order valence-corrected chi connectivity index (χ4v) is 2.92. The third kappa shape index (κ3) is 2.38. The summed E-state index contributed by atoms with van der Waals surface area (Å²) in [6.45, 7) is 5.99. The topological polar surface area (TPSA) is 59.5 Å². The van der Waals surface area contributed by atoms with Crippen LogP contribution in [0.5, 0.6) is 0 Å². The van der Waals surface area contributed by atoms with E-state index in [1.54, 1.807) is 12.1 Å². The van der Waals surface area contributed by atoms with Crippen LogP contribution in [-0.4, -0.2) is 23.9 Å². The first kappa shape index (κ1) is 13.0. The molecule has 0 atom stereocenters. The predicted molar refractivity (Wildman–Crippen MR) is 79.5 cm³/mol. The molecule has 2 aromatic rings. The van der Waals surface area contributed by atoms with Crippen LogP contribution in [0.25, 0.3) is 11.0 Å². The van der Waals surface area contributed by atoms with Gasteiger partial charge in [-0.05, 0) is 42.5 Å². The summed E-state index contributed by atoms with van der Waals surface area (Å²) in [4.78, 5) is 14.4. The highest BCUT2D eigenvalue weighted by Gasteiger charge is 2.30. The Balaban J connectivity index is 1.88. The molecule has 20 heavy (non-hydrogen) atoms. The van der Waals surface area contributed by atoms with Gasteiger partial charge in [-0.3, -0.25) is 4.79 Å². The predicted octanol–water partition coefficient (Wildman–Crippen LogP) is 3.28. The molecule has 106 valence electrons. The molecule has 1 aromatic heterocycles. The van der Waals surface area contributed by atoms with Crippen molar-refractivity contribution in [1.29, 1.82) is 0 Å². The number of nitrogens with zero attached hydrogens (tertiary/aromatic N) is 1. The minimum absolute atomic E-state index is 0.0208. The number of amides is 1. The fraction of sp³-hybridized carbons (Fsp3) is 0.438. The lowest BCUT2D eigenvalue weighted by Crippen LogP contribution is -2.43. The summed E-state index contributed by atoms with van der Waals surface area (Å²) in [5.41, 5.74) is 7.32. The SMILES string of the molecule is CC1(C)CCCN(C(=O)c2cc3cc(N)ccc3o2)C1. The third-order valence-corrected chi connectivity index (χ3v) is 3.94. The highest BCUT2D eigenvalue weighted by Crippen LogP contribution is 2.30. The van der Waals surface area contributed by atoms with E-state index in [0.29, 0.717) is 17.0 Å². The number of fused-ring (bicyclic) bond motifs is 1. The summed E-state index contributed by atoms with van der Waals surface area (Å²) in [7, 11) is 0. The number of piperidine rings is 1. The van der Waals surface area contributed by atoms with Crippen molar-refractivity contribution < 1.29 is 9.21 Å². The number of anilines is 1. The highest BCUT2D eigenvalue weighted by molar-refractivity contribution is 5.96. The van der Waals surface area contributed by atoms with Gasteiger partial charge in [0.1, 0.15) is 5.58 Å². The summed E-state index contributed by atoms with van der Waals surface area (Å²) in [5, 5.41) is 0.879. The van der Waals surface area contributed by atoms with Gasteiger partial charge in [-0.2, -0.15) is 0 Å². The van der Waals surface area contributed by atoms with E-state index in [-0.39, 0.29) is 11.3 Å². The van der Waals surface area contributed by atoms with Gasteiger partial charge in [-0.1, -0.05) is 13.8 Å². The van der Waals surface area contributed by atoms with Crippen LogP contribution in [0.2, 0.25) is 0 Å². The molecule has 0 bridgehead atoms. The number of benzene rings is 1. The third-order valence-electron chi connectivity index (χ3n) is 3.94. The van der Waals surface area contributed by atoms with Crippen LogP contribution in [0.4, 0.5) is 5.69 Å². The van der Waals surface area contributed by atoms with E-state index in [4.69, 9.17) is 10.2 Å². The van der Waals surface area contributed by atoms with Gasteiger partial charge < -0.3 is 15.1 Å². The van der Waals surface area contributed by atoms with E-state index in [0.717, 1.165) is 31.3 Å². The molecule has 4 heteroatoms. The molecular weight excluding hydrogens is 252 g/mol. The first-order chi connectivity index (χ1) is 9.44. The van der Waals surface area contributed by atoms with Gasteiger partial charge in [0.05, 0.1) is 0 Å². The minimum atomic E-state index is -0.0208. The van der Waals surface area contributed by atoms with Crippen LogP contribution in [0.1, 0.15) is 37.2 Å². The maximum atomic E-state index is 12.5. The van der Waals surface area contributed by atoms with E-state index in [1.807, 2.05) is 17.0 Å². The molecule has 1 aromatic carbocycles. The van der Waals surface area contributed by atoms with Crippen LogP contribution in [-0.2, 0) is 0 Å². The van der Waals surface area contributed by atoms with Gasteiger partial charge in [-0.25, -0.2) is 0 Å². The van der Waals surface area contributed by atoms with E-state index in [2.05, 4.69) is 13.8 Å². The summed E-state index contributed by atoms with van der Waals surface area (Å²) in [6.07, 6.45) is 2.21. The van der Waals surface area contributed by atoms with Crippen LogP contribution in [0.15, 0.2) is 28.7 Å². The molecule has 0 spiro atoms. The average molecular weight is 272 g/mol. The molecule has 0 radical (unpaired) electrons. The maximum Gasteiger partial charge on any atom is 0.289 e. The molecular formula is C16H20N2O2. The molecule has 2 N–H and O–H groups in total. The number of nitrogens with two attached hydrogens (primary N) is 1. The number of carbonyl (C=O) groups excluding carboxylic acids is 1. The first-order valence-corrected chi connectivity index (χ1v) is 7.03. The van der Waals surface area contributed by atoms with Crippen LogP contribution >= 0.6 is 0 Å². The summed E-state index contributed by atoms with van der Waals surface area (Å²) < 4.78 is 5.66. The largest absolute Gasteiger partial charge is 0.451 e. The maximum absolute atomic E-state index is 12.5. The summed E-state index contributed by atoms with van der Waals surface area (Å²) in [5.74, 6) is 0.385. The monoisotopic (exact) mass is 272 g/mol. The zero-order valence-electron chi connectivity index (χ0n) is 12.0. The van der Waals surface area contributed by atoms with E-state index in [1.165, 1.54) is 0 Å². The van der Waals surface area contributed by atoms with Gasteiger partial charge in [0.2, 0.25) is 0 Å². The zero-order valence-corrected chi connectivity index (χ0v) is 12.0. The lowest BCUT2D eigenvalue weighted by atomic mass is 9.84. The van der Waals surface area contributed by atoms with E-state index in [9.17, 15) is 4.79 Å². The second-order valence-electron chi connectivity index (χ2n) is 6.40. The second-order valence-corrected chi connectivity index (χ2v) is 6.40. The van der Waals surface area contributed by atoms with E-state index >= 15 is 0 Å². The lowest BCUT2D eigenvalue weighted by molar-refractivity contribution is 0.0555. The molecule has 1 aliphatic heterocycles. The van der Waals surface area contributed by atoms with Gasteiger partial charge in [0, 0.05) is 24.2 Å². The normalized spacial score (nSPS) is 18.4. The van der Waals surface area contributed by atoms with Crippen LogP contribution in [0.3, 0.4) is 0 Å². The smallest absolute Gasteiger partial charge is 0.289 e. The number of carbonyl (C=O) groups is 1. The molecule has 1 aliphatic rings. The number of furan rings is 1. The van der Waals surface area contributed by atoms with Crippen molar-refractivity contribution in [3.05, 3.63) is 30.0 Å². The number of rotatable bonds is 1. The van der Waals surface area contributed by atoms with Crippen LogP contribution in [0, 0.1) is 5.41 Å². The molecule has 0 unspecified atom stereocenters. The zero-order chi connectivity index (χ0) is 14.3. The molecule has 0 aliphatic carbocycles. The Hall–Kier alpha value is -1.97. The molecule has 1 fully saturated rings. The van der Waals surface area contributed by atoms with Gasteiger partial charge in [-0.15, -0.1) is 0 Å². The van der Waals surface area contributed by atoms with Crippen molar-refractivity contribution in [2.45, 2.75) is 26.7 Å². The molecule has 3 rings (SSSR count). The molecule has 0 saturated carbocycles. The number of nitrogen functional groups attached to an aromatic ring is 1. The second kappa shape index (κ2) is 4.54. The van der Waals surface area contributed by atoms with Crippen molar-refractivity contribution in [3.63, 3.8) is 0 Å². The van der Waals surface area contributed by atoms with Crippen molar-refractivity contribution >= 4 is 22.6 Å². The fourth-order valence-electron chi connectivity index (χ4n) is 2.92. The lowest BCUT2D eigenvalue weighted by Gasteiger charge is -2.37. The van der Waals surface area contributed by atoms with Gasteiger partial charge >= 0.3 is 0 Å². The molecule has 1 saturated heterocycles. The Kier molecular flexibility index (Phi) is 2.96. The summed E-state index contributed by atoms with van der Waals surface area (Å²) >= 11 is 0. The van der Waals surface area contributed by atoms with E-state index < -0.39 is 0 Å². The number of likely N-dealkylation sites (tertiary alicyclic amines) is 1. The van der Waals surface area contributed by atoms with Crippen molar-refractivity contribution in [2.24, 2.45) is 5.41 Å². The Morgan fingerprint density at radius 2 is 2.15 bits per heavy atom. The molecule has 2 heterocycles. The van der Waals surface area contributed by atoms with Crippen LogP contribution < -0.4 is 5.73 Å². The number of hydrogen-bond donors (Lipinski definition) is 1. The Labute approximate surface area is 118 Å². The number of hydrogen-bond acceptors (Lipinski definition) is 3. The summed E-state index contributed by atoms with van der Waals surface area (Å²) in [6, 6.07) is 7.21. The van der Waals surface area contributed by atoms with Crippen molar-refractivity contribution in [3.8, 4) is 0 Å². The average Bonchev–Trinajstić information content (AvgIpc) is 2.79.